The average molecular weight is 593 g/mol. The fourth-order valence-electron chi connectivity index (χ4n) is 7.14. The van der Waals surface area contributed by atoms with Crippen LogP contribution in [0.4, 0.5) is 0 Å². The lowest BCUT2D eigenvalue weighted by Crippen LogP contribution is -2.86. The molecule has 0 spiro atoms. The summed E-state index contributed by atoms with van der Waals surface area (Å²) in [7, 11) is -4.62. The molecule has 0 aliphatic carbocycles. The van der Waals surface area contributed by atoms with Crippen LogP contribution < -0.4 is 30.2 Å². The van der Waals surface area contributed by atoms with E-state index in [4.69, 9.17) is 9.47 Å². The van der Waals surface area contributed by atoms with E-state index >= 15 is 0 Å². The van der Waals surface area contributed by atoms with Crippen LogP contribution in [0.3, 0.4) is 0 Å². The Morgan fingerprint density at radius 3 is 1.43 bits per heavy atom. The minimum Gasteiger partial charge on any atom is -0.493 e. The van der Waals surface area contributed by atoms with Crippen LogP contribution >= 0.6 is 0 Å². The highest BCUT2D eigenvalue weighted by molar-refractivity contribution is 7.60. The molecule has 0 bridgehead atoms. The fraction of sp³-hybridized carbons (Fsp3) is 0.368. The van der Waals surface area contributed by atoms with Crippen molar-refractivity contribution in [3.05, 3.63) is 96.1 Å². The van der Waals surface area contributed by atoms with Gasteiger partial charge in [0.1, 0.15) is 19.1 Å². The van der Waals surface area contributed by atoms with Crippen molar-refractivity contribution < 1.29 is 9.47 Å². The molecule has 4 aromatic rings. The molecule has 0 fully saturated rings. The second-order valence-corrected chi connectivity index (χ2v) is 25.5. The number of aryl methyl sites for hydroxylation is 2. The second-order valence-electron chi connectivity index (χ2n) is 12.5. The van der Waals surface area contributed by atoms with Gasteiger partial charge in [-0.25, -0.2) is 0 Å². The zero-order valence-electron chi connectivity index (χ0n) is 26.6. The summed E-state index contributed by atoms with van der Waals surface area (Å²) in [6.45, 7) is 15.8. The minimum atomic E-state index is -2.47. The van der Waals surface area contributed by atoms with Gasteiger partial charge >= 0.3 is 0 Å². The number of ether oxygens (including phenoxy) is 2. The van der Waals surface area contributed by atoms with E-state index in [1.807, 2.05) is 0 Å². The van der Waals surface area contributed by atoms with Gasteiger partial charge in [0.15, 0.2) is 0 Å². The van der Waals surface area contributed by atoms with Gasteiger partial charge in [0, 0.05) is 0 Å². The lowest BCUT2D eigenvalue weighted by molar-refractivity contribution is 0.304. The molecule has 1 aliphatic heterocycles. The maximum atomic E-state index is 6.49. The monoisotopic (exact) mass is 592 g/mol. The van der Waals surface area contributed by atoms with Crippen molar-refractivity contribution in [3.63, 3.8) is 0 Å². The normalized spacial score (nSPS) is 14.6. The number of benzene rings is 4. The minimum absolute atomic E-state index is 0.764. The quantitative estimate of drug-likeness (QED) is 0.125. The van der Waals surface area contributed by atoms with Crippen LogP contribution in [0.25, 0.3) is 11.1 Å². The molecule has 4 aromatic carbocycles. The molecule has 220 valence electrons. The third kappa shape index (κ3) is 5.40. The van der Waals surface area contributed by atoms with Crippen molar-refractivity contribution in [2.75, 3.05) is 13.2 Å². The van der Waals surface area contributed by atoms with Gasteiger partial charge in [-0.1, -0.05) is 141 Å². The molecule has 0 atom stereocenters. The topological polar surface area (TPSA) is 18.5 Å². The summed E-state index contributed by atoms with van der Waals surface area (Å²) in [4.78, 5) is 0. The fourth-order valence-corrected chi connectivity index (χ4v) is 24.3. The third-order valence-electron chi connectivity index (χ3n) is 9.36. The SMILES string of the molecule is CCCCCOc1cc2c(cc1C)[Si](C)(C)[Si](c1ccccc1)(c1ccccc1)c1cc(C)c(OCCCCC)cc1-2. The van der Waals surface area contributed by atoms with Gasteiger partial charge in [-0.05, 0) is 66.3 Å². The van der Waals surface area contributed by atoms with Crippen molar-refractivity contribution >= 4 is 35.9 Å². The molecule has 0 saturated heterocycles. The average Bonchev–Trinajstić information content (AvgIpc) is 3.00. The van der Waals surface area contributed by atoms with Crippen molar-refractivity contribution in [3.8, 4) is 22.6 Å². The Morgan fingerprint density at radius 1 is 0.548 bits per heavy atom. The summed E-state index contributed by atoms with van der Waals surface area (Å²) in [5.41, 5.74) is 5.18. The Bertz CT molecular complexity index is 1460. The first-order valence-electron chi connectivity index (χ1n) is 16.0. The highest BCUT2D eigenvalue weighted by Crippen LogP contribution is 2.38. The first-order chi connectivity index (χ1) is 20.4. The molecule has 42 heavy (non-hydrogen) atoms. The molecular weight excluding hydrogens is 545 g/mol. The third-order valence-corrected chi connectivity index (χ3v) is 25.6. The van der Waals surface area contributed by atoms with E-state index < -0.39 is 15.2 Å². The lowest BCUT2D eigenvalue weighted by atomic mass is 10.0. The molecule has 0 N–H and O–H groups in total. The van der Waals surface area contributed by atoms with E-state index in [2.05, 4.69) is 126 Å². The number of hydrogen-bond acceptors (Lipinski definition) is 2. The van der Waals surface area contributed by atoms with Crippen LogP contribution in [0.15, 0.2) is 84.9 Å². The smallest absolute Gasteiger partial charge is 0.145 e. The first kappa shape index (κ1) is 30.4. The van der Waals surface area contributed by atoms with Gasteiger partial charge < -0.3 is 9.47 Å². The lowest BCUT2D eigenvalue weighted by Gasteiger charge is -2.50. The molecule has 0 amide bonds. The van der Waals surface area contributed by atoms with Gasteiger partial charge in [-0.15, -0.1) is 0 Å². The number of rotatable bonds is 12. The Hall–Kier alpha value is -3.09. The van der Waals surface area contributed by atoms with Crippen LogP contribution in [0, 0.1) is 13.8 Å². The van der Waals surface area contributed by atoms with Crippen LogP contribution in [0.2, 0.25) is 13.1 Å². The summed E-state index contributed by atoms with van der Waals surface area (Å²) in [6, 6.07) is 32.7. The van der Waals surface area contributed by atoms with E-state index in [9.17, 15) is 0 Å². The highest BCUT2D eigenvalue weighted by Gasteiger charge is 2.58. The van der Waals surface area contributed by atoms with E-state index in [1.54, 1.807) is 5.19 Å². The molecule has 1 aliphatic rings. The first-order valence-corrected chi connectivity index (χ1v) is 22.0. The molecule has 0 aromatic heterocycles. The maximum Gasteiger partial charge on any atom is 0.145 e. The van der Waals surface area contributed by atoms with Gasteiger partial charge in [-0.2, -0.15) is 0 Å². The number of hydrogen-bond donors (Lipinski definition) is 0. The van der Waals surface area contributed by atoms with E-state index in [1.165, 1.54) is 63.5 Å². The maximum absolute atomic E-state index is 6.49. The largest absolute Gasteiger partial charge is 0.493 e. The molecule has 2 nitrogen and oxygen atoms in total. The van der Waals surface area contributed by atoms with Gasteiger partial charge in [-0.3, -0.25) is 0 Å². The summed E-state index contributed by atoms with van der Waals surface area (Å²) >= 11 is 0. The predicted octanol–water partition coefficient (Wildman–Crippen LogP) is 7.59. The van der Waals surface area contributed by atoms with Crippen LogP contribution in [0.5, 0.6) is 11.5 Å². The molecule has 0 unspecified atom stereocenters. The Morgan fingerprint density at radius 2 is 0.976 bits per heavy atom. The number of fused-ring (bicyclic) bond motifs is 3. The zero-order valence-corrected chi connectivity index (χ0v) is 28.6. The Kier molecular flexibility index (Phi) is 9.44. The van der Waals surface area contributed by atoms with E-state index in [-0.39, 0.29) is 0 Å². The zero-order chi connectivity index (χ0) is 29.7. The Balaban J connectivity index is 1.79. The van der Waals surface area contributed by atoms with Crippen molar-refractivity contribution in [1.29, 1.82) is 0 Å². The summed E-state index contributed by atoms with van der Waals surface area (Å²) in [6.07, 6.45) is 6.98. The molecule has 4 heteroatoms. The second kappa shape index (κ2) is 13.1. The molecule has 5 rings (SSSR count). The summed E-state index contributed by atoms with van der Waals surface area (Å²) in [5, 5.41) is 6.10. The van der Waals surface area contributed by atoms with Gasteiger partial charge in [0.05, 0.1) is 20.8 Å². The summed E-state index contributed by atoms with van der Waals surface area (Å²) < 4.78 is 12.9. The standard InChI is InChI=1S/C38H48O2Si2/c1-7-9-17-23-39-35-27-33-34-28-36(40-24-18-10-8-2)30(4)26-38(34)42(31-19-13-11-14-20-31,32-21-15-12-16-22-32)41(5,6)37(33)25-29(35)3/h11-16,19-22,25-28H,7-10,17-18,23-24H2,1-6H3. The molecule has 0 saturated carbocycles. The van der Waals surface area contributed by atoms with Crippen LogP contribution in [0.1, 0.15) is 63.5 Å². The van der Waals surface area contributed by atoms with Crippen molar-refractivity contribution in [1.82, 2.24) is 0 Å². The predicted molar refractivity (Wildman–Crippen MR) is 186 cm³/mol. The van der Waals surface area contributed by atoms with E-state index in [0.29, 0.717) is 0 Å². The van der Waals surface area contributed by atoms with Crippen LogP contribution in [-0.2, 0) is 0 Å². The summed E-state index contributed by atoms with van der Waals surface area (Å²) in [5.74, 6) is 2.05. The number of unbranched alkanes of at least 4 members (excludes halogenated alkanes) is 4. The molecule has 0 radical (unpaired) electrons. The molecule has 1 heterocycles. The highest BCUT2D eigenvalue weighted by atomic mass is 29.3. The molecular formula is C38H48O2Si2. The van der Waals surface area contributed by atoms with Crippen molar-refractivity contribution in [2.24, 2.45) is 0 Å². The van der Waals surface area contributed by atoms with Gasteiger partial charge in [0.25, 0.3) is 0 Å². The van der Waals surface area contributed by atoms with Crippen LogP contribution in [-0.4, -0.2) is 28.4 Å². The van der Waals surface area contributed by atoms with Gasteiger partial charge in [0.2, 0.25) is 0 Å². The Labute approximate surface area is 255 Å². The van der Waals surface area contributed by atoms with Crippen molar-refractivity contribution in [2.45, 2.75) is 79.3 Å². The van der Waals surface area contributed by atoms with E-state index in [0.717, 1.165) is 37.6 Å².